The van der Waals surface area contributed by atoms with Gasteiger partial charge in [-0.1, -0.05) is 59.3 Å². The van der Waals surface area contributed by atoms with Crippen LogP contribution in [0.2, 0.25) is 0 Å². The Labute approximate surface area is 134 Å². The lowest BCUT2D eigenvalue weighted by Crippen LogP contribution is -2.32. The topological polar surface area (TPSA) is 12.0 Å². The van der Waals surface area contributed by atoms with Gasteiger partial charge in [-0.15, -0.1) is 12.3 Å². The second-order valence-corrected chi connectivity index (χ2v) is 5.75. The minimum atomic E-state index is 0.256. The Kier molecular flexibility index (Phi) is 14.5. The third-order valence-corrected chi connectivity index (χ3v) is 4.04. The van der Waals surface area contributed by atoms with Crippen molar-refractivity contribution in [3.63, 3.8) is 0 Å². The Hall–Kier alpha value is -1.16. The van der Waals surface area contributed by atoms with Crippen molar-refractivity contribution in [1.29, 1.82) is 0 Å². The highest BCUT2D eigenvalue weighted by atomic mass is 14.9. The number of hydrogen-bond donors (Lipinski definition) is 1. The molecule has 0 amide bonds. The summed E-state index contributed by atoms with van der Waals surface area (Å²) in [7, 11) is 0. The van der Waals surface area contributed by atoms with Gasteiger partial charge in [0.2, 0.25) is 0 Å². The van der Waals surface area contributed by atoms with Gasteiger partial charge in [0, 0.05) is 17.7 Å². The lowest BCUT2D eigenvalue weighted by molar-refractivity contribution is 0.256. The van der Waals surface area contributed by atoms with E-state index in [2.05, 4.69) is 57.2 Å². The highest BCUT2D eigenvalue weighted by Crippen LogP contribution is 2.42. The molecule has 0 heterocycles. The van der Waals surface area contributed by atoms with E-state index in [-0.39, 0.29) is 5.41 Å². The first-order valence-corrected chi connectivity index (χ1v) is 8.42. The molecule has 1 saturated carbocycles. The van der Waals surface area contributed by atoms with Crippen LogP contribution in [0.5, 0.6) is 0 Å². The van der Waals surface area contributed by atoms with E-state index in [4.69, 9.17) is 0 Å². The molecule has 0 bridgehead atoms. The van der Waals surface area contributed by atoms with Crippen LogP contribution >= 0.6 is 0 Å². The van der Waals surface area contributed by atoms with Gasteiger partial charge in [-0.25, -0.2) is 0 Å². The molecule has 0 aromatic heterocycles. The van der Waals surface area contributed by atoms with Gasteiger partial charge in [0.15, 0.2) is 0 Å². The Balaban J connectivity index is 0. The minimum Gasteiger partial charge on any atom is -0.388 e. The predicted molar refractivity (Wildman–Crippen MR) is 98.2 cm³/mol. The number of terminal acetylenes is 1. The molecule has 1 N–H and O–H groups in total. The summed E-state index contributed by atoms with van der Waals surface area (Å²) in [5, 5.41) is 3.49. The molecule has 21 heavy (non-hydrogen) atoms. The summed E-state index contributed by atoms with van der Waals surface area (Å²) < 4.78 is 0. The quantitative estimate of drug-likeness (QED) is 0.363. The SMILES string of the molecule is C#CC.C=C(NCC/C=C/C)C(C)(C)C1CCCC1.CC. The average Bonchev–Trinajstić information content (AvgIpc) is 3.01. The molecule has 0 aliphatic heterocycles. The lowest BCUT2D eigenvalue weighted by atomic mass is 9.75. The van der Waals surface area contributed by atoms with Crippen molar-refractivity contribution in [2.75, 3.05) is 6.54 Å². The van der Waals surface area contributed by atoms with E-state index in [1.807, 2.05) is 13.8 Å². The monoisotopic (exact) mass is 291 g/mol. The molecule has 122 valence electrons. The summed E-state index contributed by atoms with van der Waals surface area (Å²) in [4.78, 5) is 0. The zero-order valence-corrected chi connectivity index (χ0v) is 15.3. The molecule has 0 aromatic carbocycles. The number of rotatable bonds is 6. The van der Waals surface area contributed by atoms with E-state index in [0.717, 1.165) is 18.9 Å². The maximum atomic E-state index is 4.60. The summed E-state index contributed by atoms with van der Waals surface area (Å²) in [5.74, 6) is 3.08. The fraction of sp³-hybridized carbons (Fsp3) is 0.700. The van der Waals surface area contributed by atoms with Crippen molar-refractivity contribution in [3.8, 4) is 12.3 Å². The van der Waals surface area contributed by atoms with E-state index in [1.165, 1.54) is 31.4 Å². The van der Waals surface area contributed by atoms with Crippen molar-refractivity contribution >= 4 is 0 Å². The van der Waals surface area contributed by atoms with Gasteiger partial charge in [-0.05, 0) is 39.0 Å². The van der Waals surface area contributed by atoms with Gasteiger partial charge in [0.1, 0.15) is 0 Å². The van der Waals surface area contributed by atoms with Gasteiger partial charge < -0.3 is 5.32 Å². The summed E-state index contributed by atoms with van der Waals surface area (Å²) in [6, 6.07) is 0. The van der Waals surface area contributed by atoms with Crippen molar-refractivity contribution in [2.45, 2.75) is 73.6 Å². The van der Waals surface area contributed by atoms with Crippen molar-refractivity contribution in [3.05, 3.63) is 24.4 Å². The van der Waals surface area contributed by atoms with Crippen LogP contribution in [-0.4, -0.2) is 6.54 Å². The maximum Gasteiger partial charge on any atom is 0.0178 e. The highest BCUT2D eigenvalue weighted by Gasteiger charge is 2.33. The Morgan fingerprint density at radius 2 is 1.81 bits per heavy atom. The van der Waals surface area contributed by atoms with E-state index in [9.17, 15) is 0 Å². The van der Waals surface area contributed by atoms with E-state index in [1.54, 1.807) is 6.92 Å². The third-order valence-electron chi connectivity index (χ3n) is 4.04. The summed E-state index contributed by atoms with van der Waals surface area (Å²) >= 11 is 0. The average molecular weight is 292 g/mol. The molecule has 0 aromatic rings. The molecule has 1 rings (SSSR count). The number of allylic oxidation sites excluding steroid dienone is 2. The fourth-order valence-corrected chi connectivity index (χ4v) is 2.59. The summed E-state index contributed by atoms with van der Waals surface area (Å²) in [6.07, 6.45) is 15.6. The van der Waals surface area contributed by atoms with Crippen LogP contribution in [0.4, 0.5) is 0 Å². The van der Waals surface area contributed by atoms with Gasteiger partial charge in [-0.3, -0.25) is 0 Å². The molecule has 1 aliphatic carbocycles. The van der Waals surface area contributed by atoms with Gasteiger partial charge >= 0.3 is 0 Å². The maximum absolute atomic E-state index is 4.60. The second kappa shape index (κ2) is 13.8. The molecule has 1 nitrogen and oxygen atoms in total. The van der Waals surface area contributed by atoms with Crippen LogP contribution in [0.3, 0.4) is 0 Å². The molecule has 0 atom stereocenters. The second-order valence-electron chi connectivity index (χ2n) is 5.75. The Morgan fingerprint density at radius 1 is 1.33 bits per heavy atom. The van der Waals surface area contributed by atoms with Crippen LogP contribution in [0.15, 0.2) is 24.4 Å². The molecule has 0 saturated heterocycles. The van der Waals surface area contributed by atoms with Crippen LogP contribution < -0.4 is 5.32 Å². The molecule has 0 spiro atoms. The van der Waals surface area contributed by atoms with Crippen LogP contribution in [0, 0.1) is 23.7 Å². The zero-order chi connectivity index (χ0) is 16.7. The van der Waals surface area contributed by atoms with Gasteiger partial charge in [-0.2, -0.15) is 0 Å². The minimum absolute atomic E-state index is 0.256. The lowest BCUT2D eigenvalue weighted by Gasteiger charge is -2.34. The third kappa shape index (κ3) is 9.40. The summed E-state index contributed by atoms with van der Waals surface area (Å²) in [5.41, 5.74) is 1.48. The first-order valence-electron chi connectivity index (χ1n) is 8.42. The molecular formula is C20H37N. The van der Waals surface area contributed by atoms with E-state index < -0.39 is 0 Å². The largest absolute Gasteiger partial charge is 0.388 e. The molecule has 0 radical (unpaired) electrons. The van der Waals surface area contributed by atoms with Crippen LogP contribution in [-0.2, 0) is 0 Å². The van der Waals surface area contributed by atoms with Gasteiger partial charge in [0.25, 0.3) is 0 Å². The van der Waals surface area contributed by atoms with Crippen molar-refractivity contribution in [1.82, 2.24) is 5.32 Å². The van der Waals surface area contributed by atoms with Crippen molar-refractivity contribution < 1.29 is 0 Å². The van der Waals surface area contributed by atoms with Gasteiger partial charge in [0.05, 0.1) is 0 Å². The normalized spacial score (nSPS) is 14.5. The van der Waals surface area contributed by atoms with E-state index in [0.29, 0.717) is 0 Å². The smallest absolute Gasteiger partial charge is 0.0178 e. The summed E-state index contributed by atoms with van der Waals surface area (Å²) in [6.45, 7) is 17.6. The number of hydrogen-bond acceptors (Lipinski definition) is 1. The highest BCUT2D eigenvalue weighted by molar-refractivity contribution is 5.08. The van der Waals surface area contributed by atoms with Crippen LogP contribution in [0.1, 0.15) is 73.6 Å². The van der Waals surface area contributed by atoms with E-state index >= 15 is 0 Å². The zero-order valence-electron chi connectivity index (χ0n) is 15.3. The molecule has 0 unspecified atom stereocenters. The predicted octanol–water partition coefficient (Wildman–Crippen LogP) is 5.94. The Bertz CT molecular complexity index is 311. The first-order chi connectivity index (χ1) is 10.0. The molecule has 1 heteroatoms. The Morgan fingerprint density at radius 3 is 2.24 bits per heavy atom. The molecule has 1 aliphatic rings. The first kappa shape index (κ1) is 22.1. The van der Waals surface area contributed by atoms with Crippen LogP contribution in [0.25, 0.3) is 0 Å². The standard InChI is InChI=1S/C15H27N.C3H4.C2H6/c1-5-6-9-12-16-13(2)15(3,4)14-10-7-8-11-14;1-3-2;1-2/h5-6,14,16H,2,7-12H2,1,3-4H3;1H,2H3;1-2H3/b6-5+;;. The van der Waals surface area contributed by atoms with Crippen molar-refractivity contribution in [2.24, 2.45) is 11.3 Å². The number of nitrogens with one attached hydrogen (secondary N) is 1. The molecular weight excluding hydrogens is 254 g/mol. The fourth-order valence-electron chi connectivity index (χ4n) is 2.59. The molecule has 1 fully saturated rings.